The summed E-state index contributed by atoms with van der Waals surface area (Å²) in [5.41, 5.74) is -0.955. The number of nitrogens with one attached hydrogen (secondary N) is 1. The molecule has 0 fully saturated rings. The minimum atomic E-state index is -0.836. The number of benzene rings is 2. The Balaban J connectivity index is 2.07. The van der Waals surface area contributed by atoms with Gasteiger partial charge in [0.1, 0.15) is 41.4 Å². The van der Waals surface area contributed by atoms with Gasteiger partial charge in [-0.1, -0.05) is 43.7 Å². The van der Waals surface area contributed by atoms with Crippen LogP contribution < -0.4 is 15.0 Å². The Morgan fingerprint density at radius 2 is 1.55 bits per heavy atom. The molecule has 260 valence electrons. The number of hydrogen-bond acceptors (Lipinski definition) is 8. The lowest BCUT2D eigenvalue weighted by Gasteiger charge is -2.33. The van der Waals surface area contributed by atoms with E-state index in [1.807, 2.05) is 37.3 Å². The van der Waals surface area contributed by atoms with Crippen LogP contribution in [0, 0.1) is 5.82 Å². The van der Waals surface area contributed by atoms with E-state index in [1.165, 1.54) is 4.90 Å². The zero-order chi connectivity index (χ0) is 35.2. The van der Waals surface area contributed by atoms with Crippen molar-refractivity contribution in [3.05, 3.63) is 53.3 Å². The number of carbonyl (C=O) groups excluding carboxylic acids is 3. The summed E-state index contributed by atoms with van der Waals surface area (Å²) in [6.07, 6.45) is 0.451. The molecule has 11 heteroatoms. The first-order valence-electron chi connectivity index (χ1n) is 16.3. The number of hydrogen-bond donors (Lipinski definition) is 1. The Morgan fingerprint density at radius 1 is 0.936 bits per heavy atom. The Morgan fingerprint density at radius 3 is 2.13 bits per heavy atom. The molecule has 1 aliphatic heterocycles. The molecule has 0 aromatic heterocycles. The second-order valence-electron chi connectivity index (χ2n) is 14.8. The maximum absolute atomic E-state index is 16.6. The third kappa shape index (κ3) is 11.3. The van der Waals surface area contributed by atoms with Gasteiger partial charge in [0, 0.05) is 31.1 Å². The van der Waals surface area contributed by atoms with Crippen molar-refractivity contribution >= 4 is 29.5 Å². The van der Waals surface area contributed by atoms with Gasteiger partial charge in [0.2, 0.25) is 0 Å². The lowest BCUT2D eigenvalue weighted by atomic mass is 10.1. The Hall–Kier alpha value is -4.02. The van der Waals surface area contributed by atoms with Crippen LogP contribution >= 0.6 is 0 Å². The van der Waals surface area contributed by atoms with Crippen LogP contribution in [0.15, 0.2) is 36.4 Å². The molecule has 0 aliphatic carbocycles. The van der Waals surface area contributed by atoms with Crippen molar-refractivity contribution in [2.75, 3.05) is 29.9 Å². The van der Waals surface area contributed by atoms with Crippen molar-refractivity contribution in [3.63, 3.8) is 0 Å². The first-order chi connectivity index (χ1) is 21.8. The minimum Gasteiger partial charge on any atom is -0.487 e. The topological polar surface area (TPSA) is 107 Å². The summed E-state index contributed by atoms with van der Waals surface area (Å²) in [4.78, 5) is 42.7. The lowest BCUT2D eigenvalue weighted by Crippen LogP contribution is -2.49. The number of fused-ring (bicyclic) bond motifs is 1. The molecule has 3 rings (SSSR count). The lowest BCUT2D eigenvalue weighted by molar-refractivity contribution is -0.152. The van der Waals surface area contributed by atoms with Crippen LogP contribution in [0.1, 0.15) is 93.2 Å². The van der Waals surface area contributed by atoms with E-state index < -0.39 is 46.8 Å². The van der Waals surface area contributed by atoms with Gasteiger partial charge in [-0.2, -0.15) is 0 Å². The summed E-state index contributed by atoms with van der Waals surface area (Å²) in [5, 5.41) is 2.89. The van der Waals surface area contributed by atoms with Crippen molar-refractivity contribution in [1.29, 1.82) is 0 Å². The van der Waals surface area contributed by atoms with Crippen LogP contribution in [-0.4, -0.2) is 65.5 Å². The molecule has 1 N–H and O–H groups in total. The fourth-order valence-electron chi connectivity index (χ4n) is 5.03. The highest BCUT2D eigenvalue weighted by molar-refractivity contribution is 5.93. The number of unbranched alkanes of at least 4 members (excludes halogenated alkanes) is 1. The Labute approximate surface area is 278 Å². The fourth-order valence-corrected chi connectivity index (χ4v) is 5.03. The Bertz CT molecular complexity index is 1390. The van der Waals surface area contributed by atoms with E-state index in [2.05, 4.69) is 5.32 Å². The summed E-state index contributed by atoms with van der Waals surface area (Å²) >= 11 is 0. The second-order valence-corrected chi connectivity index (χ2v) is 14.8. The molecule has 2 amide bonds. The maximum Gasteiger partial charge on any atom is 0.415 e. The molecule has 1 heterocycles. The van der Waals surface area contributed by atoms with Crippen LogP contribution in [0.25, 0.3) is 0 Å². The van der Waals surface area contributed by atoms with Crippen LogP contribution in [-0.2, 0) is 32.0 Å². The molecule has 0 unspecified atom stereocenters. The van der Waals surface area contributed by atoms with Crippen LogP contribution in [0.2, 0.25) is 0 Å². The molecular weight excluding hydrogens is 605 g/mol. The van der Waals surface area contributed by atoms with Gasteiger partial charge in [-0.15, -0.1) is 0 Å². The minimum absolute atomic E-state index is 0.0229. The third-order valence-corrected chi connectivity index (χ3v) is 6.89. The monoisotopic (exact) mass is 657 g/mol. The van der Waals surface area contributed by atoms with E-state index in [1.54, 1.807) is 73.3 Å². The number of nitrogens with zero attached hydrogens (tertiary/aromatic N) is 2. The summed E-state index contributed by atoms with van der Waals surface area (Å²) < 4.78 is 39.7. The molecule has 0 radical (unpaired) electrons. The standard InChI is InChI=1S/C36H52FN3O7/c1-11-12-18-39(32(42)46-35(5,6)7)22-25-19-26-27(40(25)33(43)47-36(8,9)10)20-28(44-23-24-16-14-13-15-17-24)31(30(26)37)38-21-29(41)45-34(2,3)4/h13-17,20,25,38H,11-12,18-19,21-23H2,1-10H3/t25-/m1/s1. The molecule has 1 atom stereocenters. The number of ether oxygens (including phenoxy) is 4. The van der Waals surface area contributed by atoms with E-state index in [4.69, 9.17) is 18.9 Å². The molecule has 0 bridgehead atoms. The zero-order valence-electron chi connectivity index (χ0n) is 29.6. The molecule has 0 saturated carbocycles. The fraction of sp³-hybridized carbons (Fsp3) is 0.583. The summed E-state index contributed by atoms with van der Waals surface area (Å²) in [6, 6.07) is 10.3. The first kappa shape index (κ1) is 37.4. The predicted molar refractivity (Wildman–Crippen MR) is 180 cm³/mol. The highest BCUT2D eigenvalue weighted by Crippen LogP contribution is 2.44. The second kappa shape index (κ2) is 15.3. The molecular formula is C36H52FN3O7. The van der Waals surface area contributed by atoms with Gasteiger partial charge in [0.25, 0.3) is 0 Å². The average Bonchev–Trinajstić information content (AvgIpc) is 3.29. The summed E-state index contributed by atoms with van der Waals surface area (Å²) in [6.45, 7) is 18.2. The molecule has 2 aromatic carbocycles. The number of carbonyl (C=O) groups is 3. The molecule has 2 aromatic rings. The first-order valence-corrected chi connectivity index (χ1v) is 16.3. The van der Waals surface area contributed by atoms with Gasteiger partial charge in [-0.05, 0) is 74.3 Å². The number of amides is 2. The Kier molecular flexibility index (Phi) is 12.2. The number of esters is 1. The average molecular weight is 658 g/mol. The largest absolute Gasteiger partial charge is 0.487 e. The van der Waals surface area contributed by atoms with E-state index >= 15 is 4.39 Å². The van der Waals surface area contributed by atoms with Crippen molar-refractivity contribution in [2.45, 2.75) is 118 Å². The van der Waals surface area contributed by atoms with Crippen LogP contribution in [0.5, 0.6) is 5.75 Å². The molecule has 0 saturated heterocycles. The van der Waals surface area contributed by atoms with Crippen molar-refractivity contribution in [3.8, 4) is 5.75 Å². The highest BCUT2D eigenvalue weighted by atomic mass is 19.1. The van der Waals surface area contributed by atoms with Gasteiger partial charge in [0.05, 0.1) is 11.7 Å². The zero-order valence-corrected chi connectivity index (χ0v) is 29.6. The highest BCUT2D eigenvalue weighted by Gasteiger charge is 2.41. The van der Waals surface area contributed by atoms with Crippen molar-refractivity contribution in [2.24, 2.45) is 0 Å². The molecule has 0 spiro atoms. The predicted octanol–water partition coefficient (Wildman–Crippen LogP) is 7.86. The number of halogens is 1. The quantitative estimate of drug-likeness (QED) is 0.192. The van der Waals surface area contributed by atoms with Gasteiger partial charge >= 0.3 is 18.2 Å². The van der Waals surface area contributed by atoms with Crippen LogP contribution in [0.3, 0.4) is 0 Å². The summed E-state index contributed by atoms with van der Waals surface area (Å²) in [7, 11) is 0. The van der Waals surface area contributed by atoms with Crippen molar-refractivity contribution in [1.82, 2.24) is 4.90 Å². The smallest absolute Gasteiger partial charge is 0.415 e. The summed E-state index contributed by atoms with van der Waals surface area (Å²) in [5.74, 6) is -1.12. The van der Waals surface area contributed by atoms with Gasteiger partial charge < -0.3 is 29.2 Å². The van der Waals surface area contributed by atoms with E-state index in [-0.39, 0.29) is 48.8 Å². The number of rotatable bonds is 11. The molecule has 1 aliphatic rings. The maximum atomic E-state index is 16.6. The van der Waals surface area contributed by atoms with E-state index in [0.717, 1.165) is 18.4 Å². The van der Waals surface area contributed by atoms with E-state index in [0.29, 0.717) is 6.54 Å². The van der Waals surface area contributed by atoms with Gasteiger partial charge in [0.15, 0.2) is 5.82 Å². The van der Waals surface area contributed by atoms with Gasteiger partial charge in [-0.25, -0.2) is 14.0 Å². The van der Waals surface area contributed by atoms with Crippen molar-refractivity contribution < 1.29 is 37.7 Å². The molecule has 10 nitrogen and oxygen atoms in total. The molecule has 47 heavy (non-hydrogen) atoms. The third-order valence-electron chi connectivity index (χ3n) is 6.89. The van der Waals surface area contributed by atoms with E-state index in [9.17, 15) is 14.4 Å². The van der Waals surface area contributed by atoms with Gasteiger partial charge in [-0.3, -0.25) is 9.69 Å². The normalized spacial score (nSPS) is 14.7. The van der Waals surface area contributed by atoms with Crippen LogP contribution in [0.4, 0.5) is 25.4 Å². The SMILES string of the molecule is CCCCN(C[C@H]1Cc2c(cc(OCc3ccccc3)c(NCC(=O)OC(C)(C)C)c2F)N1C(=O)OC(C)(C)C)C(=O)OC(C)(C)C. The number of anilines is 2.